The van der Waals surface area contributed by atoms with Crippen LogP contribution in [0.3, 0.4) is 0 Å². The van der Waals surface area contributed by atoms with E-state index < -0.39 is 10.0 Å². The molecule has 0 bridgehead atoms. The molecule has 0 saturated heterocycles. The van der Waals surface area contributed by atoms with Gasteiger partial charge in [-0.2, -0.15) is 0 Å². The fourth-order valence-corrected chi connectivity index (χ4v) is 3.32. The number of halogens is 1. The highest BCUT2D eigenvalue weighted by Gasteiger charge is 2.14. The molecule has 1 aromatic rings. The number of ether oxygens (including phenoxy) is 1. The lowest BCUT2D eigenvalue weighted by atomic mass is 10.1. The summed E-state index contributed by atoms with van der Waals surface area (Å²) in [6.07, 6.45) is 5.89. The van der Waals surface area contributed by atoms with Crippen LogP contribution in [-0.4, -0.2) is 34.2 Å². The van der Waals surface area contributed by atoms with E-state index in [-0.39, 0.29) is 11.0 Å². The third kappa shape index (κ3) is 5.32. The van der Waals surface area contributed by atoms with Gasteiger partial charge in [0.2, 0.25) is 10.0 Å². The molecule has 5 nitrogen and oxygen atoms in total. The van der Waals surface area contributed by atoms with Crippen LogP contribution in [0, 0.1) is 0 Å². The monoisotopic (exact) mass is 330 g/mol. The molecule has 1 aliphatic rings. The molecule has 0 unspecified atom stereocenters. The number of allylic oxidation sites excluding steroid dienone is 1. The molecule has 1 aromatic carbocycles. The van der Waals surface area contributed by atoms with Crippen LogP contribution >= 0.6 is 11.6 Å². The van der Waals surface area contributed by atoms with Gasteiger partial charge in [0.25, 0.3) is 0 Å². The molecule has 0 spiro atoms. The van der Waals surface area contributed by atoms with Crippen molar-refractivity contribution in [3.63, 3.8) is 0 Å². The first-order chi connectivity index (χ1) is 10.1. The normalized spacial score (nSPS) is 18.4. The summed E-state index contributed by atoms with van der Waals surface area (Å²) in [5.41, 5.74) is 0. The first-order valence-corrected chi connectivity index (χ1v) is 8.70. The molecule has 2 N–H and O–H groups in total. The Morgan fingerprint density at radius 3 is 2.90 bits per heavy atom. The topological polar surface area (TPSA) is 67.4 Å². The molecule has 0 amide bonds. The highest BCUT2D eigenvalue weighted by molar-refractivity contribution is 7.89. The standard InChI is InChI=1S/C14H19ClN2O3S/c15-12-4-3-6-14(10-12)21(18,19)17-8-7-16-11-13-5-1-2-9-20-13/h2-4,6,9-10,13,16-17H,1,5,7-8,11H2/t13-/m0/s1. The van der Waals surface area contributed by atoms with Crippen molar-refractivity contribution in [2.24, 2.45) is 0 Å². The van der Waals surface area contributed by atoms with Gasteiger partial charge in [-0.05, 0) is 37.1 Å². The molecule has 1 atom stereocenters. The Balaban J connectivity index is 1.71. The Bertz CT molecular complexity index is 590. The molecule has 0 aliphatic carbocycles. The number of hydrogen-bond donors (Lipinski definition) is 2. The smallest absolute Gasteiger partial charge is 0.240 e. The fourth-order valence-electron chi connectivity index (χ4n) is 1.99. The first kappa shape index (κ1) is 16.3. The highest BCUT2D eigenvalue weighted by atomic mass is 35.5. The number of hydrogen-bond acceptors (Lipinski definition) is 4. The van der Waals surface area contributed by atoms with Crippen molar-refractivity contribution in [3.8, 4) is 0 Å². The molecular formula is C14H19ClN2O3S. The Morgan fingerprint density at radius 1 is 1.33 bits per heavy atom. The van der Waals surface area contributed by atoms with Crippen molar-refractivity contribution < 1.29 is 13.2 Å². The van der Waals surface area contributed by atoms with E-state index in [2.05, 4.69) is 10.0 Å². The Kier molecular flexibility index (Phi) is 6.05. The van der Waals surface area contributed by atoms with Crippen molar-refractivity contribution in [2.75, 3.05) is 19.6 Å². The second-order valence-electron chi connectivity index (χ2n) is 4.77. The van der Waals surface area contributed by atoms with Crippen LogP contribution in [-0.2, 0) is 14.8 Å². The molecule has 0 aromatic heterocycles. The summed E-state index contributed by atoms with van der Waals surface area (Å²) in [7, 11) is -3.50. The van der Waals surface area contributed by atoms with Gasteiger partial charge in [0.15, 0.2) is 0 Å². The number of benzene rings is 1. The van der Waals surface area contributed by atoms with E-state index in [1.807, 2.05) is 6.08 Å². The second-order valence-corrected chi connectivity index (χ2v) is 6.97. The van der Waals surface area contributed by atoms with Gasteiger partial charge in [0, 0.05) is 24.7 Å². The average Bonchev–Trinajstić information content (AvgIpc) is 2.48. The summed E-state index contributed by atoms with van der Waals surface area (Å²) in [4.78, 5) is 0.177. The molecule has 7 heteroatoms. The minimum Gasteiger partial charge on any atom is -0.497 e. The van der Waals surface area contributed by atoms with Gasteiger partial charge in [-0.3, -0.25) is 0 Å². The van der Waals surface area contributed by atoms with Crippen molar-refractivity contribution in [1.82, 2.24) is 10.0 Å². The van der Waals surface area contributed by atoms with Gasteiger partial charge in [-0.1, -0.05) is 17.7 Å². The lowest BCUT2D eigenvalue weighted by Crippen LogP contribution is -2.36. The Morgan fingerprint density at radius 2 is 2.19 bits per heavy atom. The molecule has 1 aliphatic heterocycles. The summed E-state index contributed by atoms with van der Waals surface area (Å²) in [6.45, 7) is 1.57. The molecule has 2 rings (SSSR count). The molecule has 1 heterocycles. The van der Waals surface area contributed by atoms with Crippen LogP contribution < -0.4 is 10.0 Å². The Labute approximate surface area is 130 Å². The zero-order valence-electron chi connectivity index (χ0n) is 11.6. The predicted octanol–water partition coefficient (Wildman–Crippen LogP) is 1.90. The van der Waals surface area contributed by atoms with Crippen LogP contribution in [0.4, 0.5) is 0 Å². The van der Waals surface area contributed by atoms with E-state index >= 15 is 0 Å². The van der Waals surface area contributed by atoms with E-state index in [1.165, 1.54) is 12.1 Å². The lowest BCUT2D eigenvalue weighted by molar-refractivity contribution is 0.123. The van der Waals surface area contributed by atoms with E-state index in [0.717, 1.165) is 12.8 Å². The Hall–Kier alpha value is -1.08. The van der Waals surface area contributed by atoms with Crippen LogP contribution in [0.25, 0.3) is 0 Å². The average molecular weight is 331 g/mol. The van der Waals surface area contributed by atoms with E-state index in [0.29, 0.717) is 24.7 Å². The van der Waals surface area contributed by atoms with Gasteiger partial charge >= 0.3 is 0 Å². The highest BCUT2D eigenvalue weighted by Crippen LogP contribution is 2.14. The third-order valence-corrected chi connectivity index (χ3v) is 4.79. The van der Waals surface area contributed by atoms with Crippen molar-refractivity contribution in [2.45, 2.75) is 23.8 Å². The van der Waals surface area contributed by atoms with E-state index in [1.54, 1.807) is 18.4 Å². The zero-order chi connectivity index (χ0) is 15.1. The number of nitrogens with one attached hydrogen (secondary N) is 2. The van der Waals surface area contributed by atoms with Crippen LogP contribution in [0.1, 0.15) is 12.8 Å². The minimum atomic E-state index is -3.50. The summed E-state index contributed by atoms with van der Waals surface area (Å²) in [5.74, 6) is 0. The predicted molar refractivity (Wildman–Crippen MR) is 82.8 cm³/mol. The molecule has 0 fully saturated rings. The third-order valence-electron chi connectivity index (χ3n) is 3.09. The fraction of sp³-hybridized carbons (Fsp3) is 0.429. The van der Waals surface area contributed by atoms with Crippen molar-refractivity contribution >= 4 is 21.6 Å². The molecule has 21 heavy (non-hydrogen) atoms. The molecule has 0 radical (unpaired) electrons. The number of rotatable bonds is 7. The van der Waals surface area contributed by atoms with Gasteiger partial charge in [0.1, 0.15) is 6.10 Å². The van der Waals surface area contributed by atoms with E-state index in [4.69, 9.17) is 16.3 Å². The van der Waals surface area contributed by atoms with Gasteiger partial charge in [-0.25, -0.2) is 13.1 Å². The number of sulfonamides is 1. The maximum Gasteiger partial charge on any atom is 0.240 e. The summed E-state index contributed by atoms with van der Waals surface area (Å²) in [6, 6.07) is 6.20. The molecule has 116 valence electrons. The minimum absolute atomic E-state index is 0.166. The summed E-state index contributed by atoms with van der Waals surface area (Å²) in [5, 5.41) is 3.58. The van der Waals surface area contributed by atoms with E-state index in [9.17, 15) is 8.42 Å². The first-order valence-electron chi connectivity index (χ1n) is 6.84. The molecule has 0 saturated carbocycles. The molecular weight excluding hydrogens is 312 g/mol. The quantitative estimate of drug-likeness (QED) is 0.749. The largest absolute Gasteiger partial charge is 0.497 e. The lowest BCUT2D eigenvalue weighted by Gasteiger charge is -2.19. The maximum atomic E-state index is 12.0. The zero-order valence-corrected chi connectivity index (χ0v) is 13.2. The van der Waals surface area contributed by atoms with Crippen molar-refractivity contribution in [1.29, 1.82) is 0 Å². The van der Waals surface area contributed by atoms with Crippen LogP contribution in [0.15, 0.2) is 41.5 Å². The maximum absolute atomic E-state index is 12.0. The van der Waals surface area contributed by atoms with Crippen LogP contribution in [0.5, 0.6) is 0 Å². The van der Waals surface area contributed by atoms with Gasteiger partial charge in [-0.15, -0.1) is 0 Å². The second kappa shape index (κ2) is 7.79. The summed E-state index contributed by atoms with van der Waals surface area (Å²) >= 11 is 5.80. The van der Waals surface area contributed by atoms with Gasteiger partial charge < -0.3 is 10.1 Å². The van der Waals surface area contributed by atoms with Crippen LogP contribution in [0.2, 0.25) is 5.02 Å². The summed E-state index contributed by atoms with van der Waals surface area (Å²) < 4.78 is 32.0. The van der Waals surface area contributed by atoms with Crippen molar-refractivity contribution in [3.05, 3.63) is 41.6 Å². The SMILES string of the molecule is O=S(=O)(NCCNC[C@@H]1CCC=CO1)c1cccc(Cl)c1. The van der Waals surface area contributed by atoms with Gasteiger partial charge in [0.05, 0.1) is 11.2 Å².